The van der Waals surface area contributed by atoms with E-state index in [4.69, 9.17) is 4.74 Å². The Balaban J connectivity index is 1.49. The van der Waals surface area contributed by atoms with Crippen molar-refractivity contribution in [1.29, 1.82) is 0 Å². The number of carbonyl (C=O) groups is 1. The highest BCUT2D eigenvalue weighted by Crippen LogP contribution is 2.24. The van der Waals surface area contributed by atoms with Crippen LogP contribution < -0.4 is 5.32 Å². The molecule has 0 aromatic carbocycles. The second-order valence-electron chi connectivity index (χ2n) is 5.29. The molecule has 0 radical (unpaired) electrons. The summed E-state index contributed by atoms with van der Waals surface area (Å²) in [5.41, 5.74) is 0.869. The summed E-state index contributed by atoms with van der Waals surface area (Å²) in [6, 6.07) is 1.78. The number of hydrogen-bond donors (Lipinski definition) is 1. The first-order chi connectivity index (χ1) is 10.8. The molecule has 7 heteroatoms. The molecule has 7 nitrogen and oxygen atoms in total. The molecular weight excluding hydrogens is 282 g/mol. The van der Waals surface area contributed by atoms with Gasteiger partial charge in [0.25, 0.3) is 0 Å². The topological polar surface area (TPSA) is 81.9 Å². The van der Waals surface area contributed by atoms with Crippen molar-refractivity contribution in [2.45, 2.75) is 38.5 Å². The molecule has 1 saturated heterocycles. The van der Waals surface area contributed by atoms with Crippen LogP contribution in [0.25, 0.3) is 0 Å². The van der Waals surface area contributed by atoms with Crippen molar-refractivity contribution in [3.8, 4) is 0 Å². The number of aromatic nitrogens is 4. The minimum absolute atomic E-state index is 0.0113. The van der Waals surface area contributed by atoms with E-state index in [1.165, 1.54) is 0 Å². The smallest absolute Gasteiger partial charge is 0.241 e. The van der Waals surface area contributed by atoms with Crippen LogP contribution >= 0.6 is 0 Å². The number of ether oxygens (including phenoxy) is 1. The van der Waals surface area contributed by atoms with Gasteiger partial charge < -0.3 is 10.1 Å². The highest BCUT2D eigenvalue weighted by atomic mass is 16.5. The fourth-order valence-corrected chi connectivity index (χ4v) is 2.36. The van der Waals surface area contributed by atoms with Crippen molar-refractivity contribution >= 4 is 5.91 Å². The quantitative estimate of drug-likeness (QED) is 0.898. The third-order valence-corrected chi connectivity index (χ3v) is 3.55. The van der Waals surface area contributed by atoms with E-state index in [1.807, 2.05) is 0 Å². The average molecular weight is 301 g/mol. The second-order valence-corrected chi connectivity index (χ2v) is 5.29. The summed E-state index contributed by atoms with van der Waals surface area (Å²) in [6.07, 6.45) is 10.1. The normalized spacial score (nSPS) is 18.1. The molecule has 1 amide bonds. The van der Waals surface area contributed by atoms with Gasteiger partial charge in [0.05, 0.1) is 0 Å². The molecule has 3 rings (SSSR count). The summed E-state index contributed by atoms with van der Waals surface area (Å²) in [4.78, 5) is 20.5. The fraction of sp³-hybridized carbons (Fsp3) is 0.467. The first kappa shape index (κ1) is 14.6. The monoisotopic (exact) mass is 301 g/mol. The van der Waals surface area contributed by atoms with E-state index in [0.717, 1.165) is 37.3 Å². The number of nitrogens with one attached hydrogen (secondary N) is 1. The summed E-state index contributed by atoms with van der Waals surface area (Å²) in [7, 11) is 0. The van der Waals surface area contributed by atoms with Crippen molar-refractivity contribution in [2.75, 3.05) is 6.61 Å². The van der Waals surface area contributed by atoms with Crippen LogP contribution in [-0.2, 0) is 22.6 Å². The zero-order chi connectivity index (χ0) is 15.2. The highest BCUT2D eigenvalue weighted by molar-refractivity contribution is 5.75. The lowest BCUT2D eigenvalue weighted by Crippen LogP contribution is -2.27. The Morgan fingerprint density at radius 1 is 1.36 bits per heavy atom. The van der Waals surface area contributed by atoms with E-state index in [-0.39, 0.29) is 18.6 Å². The predicted molar refractivity (Wildman–Crippen MR) is 78.6 cm³/mol. The van der Waals surface area contributed by atoms with Gasteiger partial charge in [-0.15, -0.1) is 0 Å². The van der Waals surface area contributed by atoms with Gasteiger partial charge in [0, 0.05) is 43.5 Å². The molecular formula is C15H19N5O2. The van der Waals surface area contributed by atoms with Crippen LogP contribution in [0.4, 0.5) is 0 Å². The summed E-state index contributed by atoms with van der Waals surface area (Å²) >= 11 is 0. The van der Waals surface area contributed by atoms with E-state index in [0.29, 0.717) is 6.54 Å². The van der Waals surface area contributed by atoms with Crippen LogP contribution in [0.15, 0.2) is 30.9 Å². The lowest BCUT2D eigenvalue weighted by Gasteiger charge is -2.21. The summed E-state index contributed by atoms with van der Waals surface area (Å²) < 4.78 is 7.24. The third kappa shape index (κ3) is 3.88. The standard InChI is InChI=1S/C15H19N5O2/c21-14(11-20-6-3-5-19-20)16-8-12-9-17-15(18-10-12)13-4-1-2-7-22-13/h3,5-6,9-10,13H,1-2,4,7-8,11H2,(H,16,21). The zero-order valence-corrected chi connectivity index (χ0v) is 12.3. The van der Waals surface area contributed by atoms with Gasteiger partial charge in [-0.05, 0) is 25.3 Å². The summed E-state index contributed by atoms with van der Waals surface area (Å²) in [5.74, 6) is 0.634. The van der Waals surface area contributed by atoms with Crippen LogP contribution in [0.3, 0.4) is 0 Å². The van der Waals surface area contributed by atoms with Gasteiger partial charge in [-0.25, -0.2) is 9.97 Å². The van der Waals surface area contributed by atoms with E-state index < -0.39 is 0 Å². The predicted octanol–water partition coefficient (Wildman–Crippen LogP) is 1.23. The van der Waals surface area contributed by atoms with Gasteiger partial charge in [-0.1, -0.05) is 0 Å². The molecule has 116 valence electrons. The third-order valence-electron chi connectivity index (χ3n) is 3.55. The van der Waals surface area contributed by atoms with E-state index in [2.05, 4.69) is 20.4 Å². The van der Waals surface area contributed by atoms with Gasteiger partial charge in [0.2, 0.25) is 5.91 Å². The molecule has 1 N–H and O–H groups in total. The zero-order valence-electron chi connectivity index (χ0n) is 12.3. The number of carbonyl (C=O) groups excluding carboxylic acids is 1. The van der Waals surface area contributed by atoms with Crippen molar-refractivity contribution < 1.29 is 9.53 Å². The van der Waals surface area contributed by atoms with Crippen molar-refractivity contribution in [2.24, 2.45) is 0 Å². The first-order valence-electron chi connectivity index (χ1n) is 7.48. The summed E-state index contributed by atoms with van der Waals surface area (Å²) in [6.45, 7) is 1.40. The molecule has 1 atom stereocenters. The molecule has 1 fully saturated rings. The number of hydrogen-bond acceptors (Lipinski definition) is 5. The SMILES string of the molecule is O=C(Cn1cccn1)NCc1cnc(C2CCCCO2)nc1. The van der Waals surface area contributed by atoms with Crippen LogP contribution in [0.5, 0.6) is 0 Å². The van der Waals surface area contributed by atoms with Crippen LogP contribution in [-0.4, -0.2) is 32.3 Å². The lowest BCUT2D eigenvalue weighted by molar-refractivity contribution is -0.122. The maximum Gasteiger partial charge on any atom is 0.241 e. The molecule has 0 aliphatic carbocycles. The van der Waals surface area contributed by atoms with Crippen LogP contribution in [0.2, 0.25) is 0 Å². The first-order valence-corrected chi connectivity index (χ1v) is 7.48. The highest BCUT2D eigenvalue weighted by Gasteiger charge is 2.18. The Labute approximate surface area is 128 Å². The molecule has 2 aromatic heterocycles. The second kappa shape index (κ2) is 7.13. The molecule has 22 heavy (non-hydrogen) atoms. The Hall–Kier alpha value is -2.28. The molecule has 1 aliphatic heterocycles. The summed E-state index contributed by atoms with van der Waals surface area (Å²) in [5, 5.41) is 6.82. The van der Waals surface area contributed by atoms with E-state index in [1.54, 1.807) is 35.5 Å². The molecule has 0 saturated carbocycles. The molecule has 1 unspecified atom stereocenters. The van der Waals surface area contributed by atoms with Crippen molar-refractivity contribution in [3.05, 3.63) is 42.2 Å². The largest absolute Gasteiger partial charge is 0.370 e. The molecule has 2 aromatic rings. The molecule has 1 aliphatic rings. The Kier molecular flexibility index (Phi) is 4.75. The van der Waals surface area contributed by atoms with Crippen molar-refractivity contribution in [3.63, 3.8) is 0 Å². The molecule has 3 heterocycles. The minimum atomic E-state index is -0.0941. The fourth-order valence-electron chi connectivity index (χ4n) is 2.36. The Bertz CT molecular complexity index is 591. The van der Waals surface area contributed by atoms with Crippen LogP contribution in [0, 0.1) is 0 Å². The average Bonchev–Trinajstić information content (AvgIpc) is 3.07. The number of amides is 1. The van der Waals surface area contributed by atoms with Gasteiger partial charge in [-0.2, -0.15) is 5.10 Å². The molecule has 0 spiro atoms. The van der Waals surface area contributed by atoms with Gasteiger partial charge in [0.1, 0.15) is 12.6 Å². The minimum Gasteiger partial charge on any atom is -0.370 e. The van der Waals surface area contributed by atoms with Crippen molar-refractivity contribution in [1.82, 2.24) is 25.1 Å². The van der Waals surface area contributed by atoms with Crippen LogP contribution in [0.1, 0.15) is 36.8 Å². The Morgan fingerprint density at radius 3 is 2.91 bits per heavy atom. The van der Waals surface area contributed by atoms with Gasteiger partial charge >= 0.3 is 0 Å². The lowest BCUT2D eigenvalue weighted by atomic mass is 10.1. The maximum absolute atomic E-state index is 11.8. The maximum atomic E-state index is 11.8. The van der Waals surface area contributed by atoms with E-state index in [9.17, 15) is 4.79 Å². The molecule has 0 bridgehead atoms. The van der Waals surface area contributed by atoms with E-state index >= 15 is 0 Å². The van der Waals surface area contributed by atoms with Gasteiger partial charge in [-0.3, -0.25) is 9.48 Å². The number of rotatable bonds is 5. The van der Waals surface area contributed by atoms with Gasteiger partial charge in [0.15, 0.2) is 5.82 Å². The Morgan fingerprint density at radius 2 is 2.23 bits per heavy atom. The number of nitrogens with zero attached hydrogens (tertiary/aromatic N) is 4.